The number of hydrogen-bond acceptors (Lipinski definition) is 4. The summed E-state index contributed by atoms with van der Waals surface area (Å²) in [4.78, 5) is 23.3. The van der Waals surface area contributed by atoms with Gasteiger partial charge in [0.25, 0.3) is 5.69 Å². The Morgan fingerprint density at radius 2 is 1.65 bits per heavy atom. The predicted octanol–water partition coefficient (Wildman–Crippen LogP) is 4.82. The Kier molecular flexibility index (Phi) is 5.27. The molecule has 0 aliphatic heterocycles. The van der Waals surface area contributed by atoms with Crippen molar-refractivity contribution in [1.29, 1.82) is 0 Å². The van der Waals surface area contributed by atoms with Crippen LogP contribution in [0.1, 0.15) is 30.4 Å². The molecule has 0 amide bonds. The van der Waals surface area contributed by atoms with Gasteiger partial charge >= 0.3 is 0 Å². The summed E-state index contributed by atoms with van der Waals surface area (Å²) in [5.41, 5.74) is 3.10. The first-order chi connectivity index (χ1) is 12.6. The van der Waals surface area contributed by atoms with Crippen LogP contribution in [0.3, 0.4) is 0 Å². The molecule has 0 radical (unpaired) electrons. The summed E-state index contributed by atoms with van der Waals surface area (Å²) >= 11 is 0. The Labute approximate surface area is 151 Å². The number of rotatable bonds is 4. The molecule has 5 nitrogen and oxygen atoms in total. The molecular formula is C21H19NO4. The third-order valence-corrected chi connectivity index (χ3v) is 4.35. The van der Waals surface area contributed by atoms with Crippen molar-refractivity contribution in [3.63, 3.8) is 0 Å². The molecule has 2 aromatic carbocycles. The first-order valence-electron chi connectivity index (χ1n) is 8.41. The molecule has 0 atom stereocenters. The number of non-ortho nitro benzene ring substituents is 1. The van der Waals surface area contributed by atoms with Crippen LogP contribution in [0, 0.1) is 10.1 Å². The zero-order valence-electron chi connectivity index (χ0n) is 14.5. The largest absolute Gasteiger partial charge is 0.497 e. The van der Waals surface area contributed by atoms with Crippen molar-refractivity contribution in [3.05, 3.63) is 80.9 Å². The zero-order chi connectivity index (χ0) is 18.5. The van der Waals surface area contributed by atoms with E-state index in [0.717, 1.165) is 29.7 Å². The number of benzene rings is 2. The van der Waals surface area contributed by atoms with Gasteiger partial charge in [-0.25, -0.2) is 0 Å². The molecule has 26 heavy (non-hydrogen) atoms. The molecule has 2 aromatic rings. The first-order valence-corrected chi connectivity index (χ1v) is 8.41. The van der Waals surface area contributed by atoms with Gasteiger partial charge in [-0.1, -0.05) is 24.3 Å². The molecule has 0 aromatic heterocycles. The number of nitro groups is 1. The van der Waals surface area contributed by atoms with Crippen LogP contribution in [0.25, 0.3) is 12.2 Å². The average molecular weight is 349 g/mol. The first kappa shape index (κ1) is 17.6. The van der Waals surface area contributed by atoms with Gasteiger partial charge in [-0.05, 0) is 54.7 Å². The Morgan fingerprint density at radius 1 is 1.00 bits per heavy atom. The highest BCUT2D eigenvalue weighted by atomic mass is 16.6. The molecule has 0 heterocycles. The molecule has 1 aliphatic rings. The molecule has 0 unspecified atom stereocenters. The summed E-state index contributed by atoms with van der Waals surface area (Å²) in [6.07, 6.45) is 5.96. The molecule has 132 valence electrons. The molecule has 1 fully saturated rings. The summed E-state index contributed by atoms with van der Waals surface area (Å²) in [5.74, 6) is 0.784. The van der Waals surface area contributed by atoms with Crippen molar-refractivity contribution in [2.45, 2.75) is 19.3 Å². The maximum atomic E-state index is 12.8. The van der Waals surface area contributed by atoms with Gasteiger partial charge in [-0.15, -0.1) is 0 Å². The quantitative estimate of drug-likeness (QED) is 0.451. The Morgan fingerprint density at radius 3 is 2.27 bits per heavy atom. The minimum Gasteiger partial charge on any atom is -0.497 e. The summed E-state index contributed by atoms with van der Waals surface area (Å²) in [6.45, 7) is 0. The van der Waals surface area contributed by atoms with Crippen molar-refractivity contribution in [1.82, 2.24) is 0 Å². The predicted molar refractivity (Wildman–Crippen MR) is 101 cm³/mol. The fraction of sp³-hybridized carbons (Fsp3) is 0.190. The fourth-order valence-corrected chi connectivity index (χ4v) is 3.01. The highest BCUT2D eigenvalue weighted by Gasteiger charge is 2.20. The van der Waals surface area contributed by atoms with Gasteiger partial charge in [0.15, 0.2) is 5.78 Å². The second kappa shape index (κ2) is 7.78. The third kappa shape index (κ3) is 4.06. The van der Waals surface area contributed by atoms with Crippen LogP contribution in [-0.4, -0.2) is 17.8 Å². The van der Waals surface area contributed by atoms with Crippen molar-refractivity contribution >= 4 is 23.6 Å². The number of hydrogen-bond donors (Lipinski definition) is 0. The molecule has 0 spiro atoms. The fourth-order valence-electron chi connectivity index (χ4n) is 3.01. The summed E-state index contributed by atoms with van der Waals surface area (Å²) in [5, 5.41) is 10.9. The maximum absolute atomic E-state index is 12.8. The number of ether oxygens (including phenoxy) is 1. The lowest BCUT2D eigenvalue weighted by Gasteiger charge is -2.16. The standard InChI is InChI=1S/C21H19NO4/c1-26-20-10-8-15(9-11-20)12-17-5-3-6-18(21(17)23)13-16-4-2-7-19(14-16)22(24)25/h2,4,7-14H,3,5-6H2,1H3/b17-12+,18-13-. The number of methoxy groups -OCH3 is 1. The van der Waals surface area contributed by atoms with Gasteiger partial charge in [0.2, 0.25) is 0 Å². The van der Waals surface area contributed by atoms with Crippen LogP contribution in [0.4, 0.5) is 5.69 Å². The van der Waals surface area contributed by atoms with E-state index in [4.69, 9.17) is 4.74 Å². The van der Waals surface area contributed by atoms with Crippen LogP contribution >= 0.6 is 0 Å². The normalized spacial score (nSPS) is 17.5. The van der Waals surface area contributed by atoms with E-state index in [0.29, 0.717) is 17.6 Å². The summed E-state index contributed by atoms with van der Waals surface area (Å²) in [7, 11) is 1.61. The minimum absolute atomic E-state index is 0.0126. The number of ketones is 1. The highest BCUT2D eigenvalue weighted by Crippen LogP contribution is 2.29. The van der Waals surface area contributed by atoms with Gasteiger partial charge in [-0.3, -0.25) is 14.9 Å². The topological polar surface area (TPSA) is 69.4 Å². The van der Waals surface area contributed by atoms with E-state index in [1.807, 2.05) is 30.3 Å². The van der Waals surface area contributed by atoms with Crippen LogP contribution in [0.15, 0.2) is 59.7 Å². The Bertz CT molecular complexity index is 894. The van der Waals surface area contributed by atoms with Crippen molar-refractivity contribution in [2.75, 3.05) is 7.11 Å². The highest BCUT2D eigenvalue weighted by molar-refractivity contribution is 6.14. The van der Waals surface area contributed by atoms with Gasteiger partial charge in [0, 0.05) is 23.3 Å². The van der Waals surface area contributed by atoms with Crippen LogP contribution < -0.4 is 4.74 Å². The van der Waals surface area contributed by atoms with Gasteiger partial charge in [0.1, 0.15) is 5.75 Å². The van der Waals surface area contributed by atoms with Crippen molar-refractivity contribution in [3.8, 4) is 5.75 Å². The molecule has 0 bridgehead atoms. The van der Waals surface area contributed by atoms with Crippen LogP contribution in [-0.2, 0) is 4.79 Å². The monoisotopic (exact) mass is 349 g/mol. The van der Waals surface area contributed by atoms with E-state index in [2.05, 4.69) is 0 Å². The minimum atomic E-state index is -0.431. The average Bonchev–Trinajstić information content (AvgIpc) is 2.66. The van der Waals surface area contributed by atoms with Gasteiger partial charge in [0.05, 0.1) is 12.0 Å². The lowest BCUT2D eigenvalue weighted by Crippen LogP contribution is -2.12. The van der Waals surface area contributed by atoms with Gasteiger partial charge in [-0.2, -0.15) is 0 Å². The zero-order valence-corrected chi connectivity index (χ0v) is 14.5. The molecule has 1 aliphatic carbocycles. The molecule has 1 saturated carbocycles. The lowest BCUT2D eigenvalue weighted by molar-refractivity contribution is -0.384. The van der Waals surface area contributed by atoms with Gasteiger partial charge < -0.3 is 4.74 Å². The number of allylic oxidation sites excluding steroid dienone is 2. The summed E-state index contributed by atoms with van der Waals surface area (Å²) in [6, 6.07) is 13.9. The third-order valence-electron chi connectivity index (χ3n) is 4.35. The second-order valence-corrected chi connectivity index (χ2v) is 6.15. The number of nitro benzene ring substituents is 1. The smallest absolute Gasteiger partial charge is 0.270 e. The number of nitrogens with zero attached hydrogens (tertiary/aromatic N) is 1. The van der Waals surface area contributed by atoms with E-state index >= 15 is 0 Å². The molecule has 5 heteroatoms. The van der Waals surface area contributed by atoms with Crippen LogP contribution in [0.5, 0.6) is 5.75 Å². The van der Waals surface area contributed by atoms with Crippen molar-refractivity contribution < 1.29 is 14.5 Å². The Balaban J connectivity index is 1.86. The van der Waals surface area contributed by atoms with Crippen molar-refractivity contribution in [2.24, 2.45) is 0 Å². The SMILES string of the molecule is COc1ccc(/C=C2\CCC/C(=C/c3cccc([N+](=O)[O-])c3)C2=O)cc1. The lowest BCUT2D eigenvalue weighted by atomic mass is 9.87. The molecule has 0 saturated heterocycles. The van der Waals surface area contributed by atoms with E-state index in [1.165, 1.54) is 12.1 Å². The van der Waals surface area contributed by atoms with E-state index in [1.54, 1.807) is 25.3 Å². The Hall–Kier alpha value is -3.21. The maximum Gasteiger partial charge on any atom is 0.270 e. The number of carbonyl (C=O) groups excluding carboxylic acids is 1. The van der Waals surface area contributed by atoms with Crippen LogP contribution in [0.2, 0.25) is 0 Å². The van der Waals surface area contributed by atoms with E-state index < -0.39 is 4.92 Å². The second-order valence-electron chi connectivity index (χ2n) is 6.15. The van der Waals surface area contributed by atoms with E-state index in [-0.39, 0.29) is 11.5 Å². The summed E-state index contributed by atoms with van der Waals surface area (Å²) < 4.78 is 5.15. The number of Topliss-reactive ketones (excluding diaryl/α,β-unsaturated/α-hetero) is 1. The molecular weight excluding hydrogens is 330 g/mol. The molecule has 0 N–H and O–H groups in total. The van der Waals surface area contributed by atoms with E-state index in [9.17, 15) is 14.9 Å². The molecule has 3 rings (SSSR count). The number of carbonyl (C=O) groups is 1.